The first-order valence-electron chi connectivity index (χ1n) is 5.61. The molecule has 0 spiro atoms. The van der Waals surface area contributed by atoms with Crippen molar-refractivity contribution >= 4 is 12.4 Å². The van der Waals surface area contributed by atoms with E-state index in [0.29, 0.717) is 12.0 Å². The number of benzene rings is 1. The fourth-order valence-electron chi connectivity index (χ4n) is 2.30. The summed E-state index contributed by atoms with van der Waals surface area (Å²) in [4.78, 5) is 0. The van der Waals surface area contributed by atoms with Gasteiger partial charge in [-0.25, -0.2) is 0 Å². The van der Waals surface area contributed by atoms with Crippen LogP contribution in [0, 0.1) is 0 Å². The molecule has 1 atom stereocenters. The van der Waals surface area contributed by atoms with E-state index in [0.717, 1.165) is 0 Å². The Morgan fingerprint density at radius 1 is 1.27 bits per heavy atom. The van der Waals surface area contributed by atoms with E-state index in [1.54, 1.807) is 0 Å². The molecule has 1 aromatic carbocycles. The van der Waals surface area contributed by atoms with Gasteiger partial charge in [0.1, 0.15) is 0 Å². The molecule has 1 aliphatic rings. The predicted octanol–water partition coefficient (Wildman–Crippen LogP) is 3.66. The van der Waals surface area contributed by atoms with E-state index in [1.165, 1.54) is 30.5 Å². The maximum atomic E-state index is 3.57. The van der Waals surface area contributed by atoms with E-state index in [9.17, 15) is 0 Å². The summed E-state index contributed by atoms with van der Waals surface area (Å²) in [6.45, 7) is 5.72. The summed E-state index contributed by atoms with van der Waals surface area (Å²) in [6, 6.07) is 9.45. The lowest BCUT2D eigenvalue weighted by atomic mass is 9.92. The van der Waals surface area contributed by atoms with Gasteiger partial charge in [0.2, 0.25) is 0 Å². The zero-order chi connectivity index (χ0) is 9.97. The smallest absolute Gasteiger partial charge is 0.0323 e. The molecule has 1 fully saturated rings. The third-order valence-electron chi connectivity index (χ3n) is 3.05. The summed E-state index contributed by atoms with van der Waals surface area (Å²) < 4.78 is 0. The first-order chi connectivity index (χ1) is 6.79. The number of rotatable bonds is 2. The van der Waals surface area contributed by atoms with Gasteiger partial charge in [0.25, 0.3) is 0 Å². The summed E-state index contributed by atoms with van der Waals surface area (Å²) in [5.41, 5.74) is 3.02. The molecule has 2 heteroatoms. The van der Waals surface area contributed by atoms with E-state index in [2.05, 4.69) is 43.4 Å². The van der Waals surface area contributed by atoms with Crippen molar-refractivity contribution in [3.8, 4) is 0 Å². The van der Waals surface area contributed by atoms with Crippen LogP contribution >= 0.6 is 12.4 Å². The van der Waals surface area contributed by atoms with Crippen LogP contribution in [-0.2, 0) is 0 Å². The van der Waals surface area contributed by atoms with Gasteiger partial charge in [-0.2, -0.15) is 0 Å². The summed E-state index contributed by atoms with van der Waals surface area (Å²) in [5, 5.41) is 3.57. The van der Waals surface area contributed by atoms with E-state index >= 15 is 0 Å². The molecular formula is C13H20ClN. The highest BCUT2D eigenvalue weighted by Gasteiger charge is 2.19. The first-order valence-corrected chi connectivity index (χ1v) is 5.61. The molecule has 1 aliphatic heterocycles. The van der Waals surface area contributed by atoms with Gasteiger partial charge in [-0.15, -0.1) is 12.4 Å². The van der Waals surface area contributed by atoms with Crippen molar-refractivity contribution in [1.82, 2.24) is 5.32 Å². The van der Waals surface area contributed by atoms with Crippen LogP contribution in [0.5, 0.6) is 0 Å². The molecule has 1 aromatic rings. The Labute approximate surface area is 98.7 Å². The average molecular weight is 226 g/mol. The van der Waals surface area contributed by atoms with E-state index < -0.39 is 0 Å². The van der Waals surface area contributed by atoms with Crippen molar-refractivity contribution in [2.24, 2.45) is 0 Å². The van der Waals surface area contributed by atoms with Crippen molar-refractivity contribution in [2.45, 2.75) is 38.6 Å². The molecule has 0 unspecified atom stereocenters. The molecule has 0 aliphatic carbocycles. The predicted molar refractivity (Wildman–Crippen MR) is 67.8 cm³/mol. The highest BCUT2D eigenvalue weighted by Crippen LogP contribution is 2.29. The van der Waals surface area contributed by atoms with Crippen molar-refractivity contribution in [3.05, 3.63) is 35.4 Å². The maximum absolute atomic E-state index is 3.57. The van der Waals surface area contributed by atoms with Gasteiger partial charge in [0, 0.05) is 6.04 Å². The minimum absolute atomic E-state index is 0. The Morgan fingerprint density at radius 2 is 2.00 bits per heavy atom. The Kier molecular flexibility index (Phi) is 4.62. The summed E-state index contributed by atoms with van der Waals surface area (Å²) >= 11 is 0. The minimum atomic E-state index is 0. The summed E-state index contributed by atoms with van der Waals surface area (Å²) in [5.74, 6) is 0.633. The zero-order valence-corrected chi connectivity index (χ0v) is 10.3. The fourth-order valence-corrected chi connectivity index (χ4v) is 2.30. The Morgan fingerprint density at radius 3 is 2.60 bits per heavy atom. The normalized spacial score (nSPS) is 20.3. The highest BCUT2D eigenvalue weighted by atomic mass is 35.5. The average Bonchev–Trinajstić information content (AvgIpc) is 2.70. The van der Waals surface area contributed by atoms with Crippen molar-refractivity contribution in [2.75, 3.05) is 6.54 Å². The lowest BCUT2D eigenvalue weighted by molar-refractivity contribution is 0.633. The third-order valence-corrected chi connectivity index (χ3v) is 3.05. The molecule has 1 N–H and O–H groups in total. The topological polar surface area (TPSA) is 12.0 Å². The Bertz CT molecular complexity index is 303. The Hall–Kier alpha value is -0.530. The van der Waals surface area contributed by atoms with Crippen LogP contribution in [0.1, 0.15) is 49.8 Å². The number of halogens is 1. The van der Waals surface area contributed by atoms with Gasteiger partial charge in [0.05, 0.1) is 0 Å². The van der Waals surface area contributed by atoms with Gasteiger partial charge >= 0.3 is 0 Å². The van der Waals surface area contributed by atoms with Crippen molar-refractivity contribution in [1.29, 1.82) is 0 Å². The zero-order valence-electron chi connectivity index (χ0n) is 9.49. The molecule has 15 heavy (non-hydrogen) atoms. The molecule has 84 valence electrons. The molecule has 0 bridgehead atoms. The fraction of sp³-hybridized carbons (Fsp3) is 0.538. The molecule has 2 rings (SSSR count). The molecular weight excluding hydrogens is 206 g/mol. The second kappa shape index (κ2) is 5.53. The van der Waals surface area contributed by atoms with Crippen molar-refractivity contribution < 1.29 is 0 Å². The highest BCUT2D eigenvalue weighted by molar-refractivity contribution is 5.85. The Balaban J connectivity index is 0.00000112. The molecule has 1 heterocycles. The van der Waals surface area contributed by atoms with Gasteiger partial charge in [0.15, 0.2) is 0 Å². The molecule has 1 nitrogen and oxygen atoms in total. The largest absolute Gasteiger partial charge is 0.310 e. The summed E-state index contributed by atoms with van der Waals surface area (Å²) in [6.07, 6.45) is 2.61. The number of nitrogens with one attached hydrogen (secondary N) is 1. The third kappa shape index (κ3) is 2.73. The lowest BCUT2D eigenvalue weighted by Crippen LogP contribution is -2.14. The second-order valence-corrected chi connectivity index (χ2v) is 4.43. The van der Waals surface area contributed by atoms with Gasteiger partial charge in [-0.1, -0.05) is 38.1 Å². The van der Waals surface area contributed by atoms with Crippen LogP contribution in [-0.4, -0.2) is 6.54 Å². The van der Waals surface area contributed by atoms with Crippen molar-refractivity contribution in [3.63, 3.8) is 0 Å². The number of hydrogen-bond donors (Lipinski definition) is 1. The maximum Gasteiger partial charge on any atom is 0.0323 e. The van der Waals surface area contributed by atoms with Gasteiger partial charge < -0.3 is 5.32 Å². The number of hydrogen-bond acceptors (Lipinski definition) is 1. The minimum Gasteiger partial charge on any atom is -0.310 e. The molecule has 0 amide bonds. The van der Waals surface area contributed by atoms with Gasteiger partial charge in [-0.3, -0.25) is 0 Å². The summed E-state index contributed by atoms with van der Waals surface area (Å²) in [7, 11) is 0. The van der Waals surface area contributed by atoms with Crippen LogP contribution in [0.15, 0.2) is 24.3 Å². The van der Waals surface area contributed by atoms with Gasteiger partial charge in [-0.05, 0) is 36.4 Å². The molecule has 0 saturated carbocycles. The standard InChI is InChI=1S/C13H19N.ClH/c1-10(2)11-6-3-4-7-12(11)13-8-5-9-14-13;/h3-4,6-7,10,13-14H,5,8-9H2,1-2H3;1H/t13-;/m0./s1. The SMILES string of the molecule is CC(C)c1ccccc1[C@@H]1CCCN1.Cl. The molecule has 0 aromatic heterocycles. The molecule has 1 saturated heterocycles. The lowest BCUT2D eigenvalue weighted by Gasteiger charge is -2.17. The van der Waals surface area contributed by atoms with Crippen LogP contribution < -0.4 is 5.32 Å². The molecule has 0 radical (unpaired) electrons. The van der Waals surface area contributed by atoms with Crippen LogP contribution in [0.2, 0.25) is 0 Å². The van der Waals surface area contributed by atoms with Crippen LogP contribution in [0.25, 0.3) is 0 Å². The second-order valence-electron chi connectivity index (χ2n) is 4.43. The van der Waals surface area contributed by atoms with Crippen LogP contribution in [0.3, 0.4) is 0 Å². The van der Waals surface area contributed by atoms with E-state index in [4.69, 9.17) is 0 Å². The quantitative estimate of drug-likeness (QED) is 0.810. The first kappa shape index (κ1) is 12.5. The van der Waals surface area contributed by atoms with E-state index in [1.807, 2.05) is 0 Å². The van der Waals surface area contributed by atoms with Crippen LogP contribution in [0.4, 0.5) is 0 Å². The van der Waals surface area contributed by atoms with E-state index in [-0.39, 0.29) is 12.4 Å². The monoisotopic (exact) mass is 225 g/mol.